The Morgan fingerprint density at radius 2 is 2.00 bits per heavy atom. The molecular weight excluding hydrogens is 328 g/mol. The normalized spacial score (nSPS) is 11.1. The van der Waals surface area contributed by atoms with E-state index in [-0.39, 0.29) is 11.8 Å². The minimum Gasteiger partial charge on any atom is -0.480 e. The van der Waals surface area contributed by atoms with E-state index in [0.717, 1.165) is 41.0 Å². The Bertz CT molecular complexity index is 929. The van der Waals surface area contributed by atoms with Crippen molar-refractivity contribution in [3.8, 4) is 17.1 Å². The van der Waals surface area contributed by atoms with Crippen LogP contribution in [0.4, 0.5) is 5.69 Å². The summed E-state index contributed by atoms with van der Waals surface area (Å²) in [7, 11) is 1.58. The van der Waals surface area contributed by atoms with E-state index in [9.17, 15) is 4.79 Å². The zero-order valence-electron chi connectivity index (χ0n) is 15.6. The van der Waals surface area contributed by atoms with E-state index in [4.69, 9.17) is 4.74 Å². The average molecular weight is 352 g/mol. The molecule has 0 aliphatic carbocycles. The average Bonchev–Trinajstić information content (AvgIpc) is 3.07. The molecule has 3 rings (SSSR count). The summed E-state index contributed by atoms with van der Waals surface area (Å²) in [6, 6.07) is 9.60. The maximum absolute atomic E-state index is 12.4. The molecule has 2 heterocycles. The molecule has 0 unspecified atom stereocenters. The molecule has 0 radical (unpaired) electrons. The zero-order valence-corrected chi connectivity index (χ0v) is 15.6. The van der Waals surface area contributed by atoms with E-state index < -0.39 is 0 Å². The van der Waals surface area contributed by atoms with Crippen LogP contribution in [0.25, 0.3) is 16.9 Å². The number of carbonyl (C=O) groups is 1. The Morgan fingerprint density at radius 1 is 1.23 bits per heavy atom. The lowest BCUT2D eigenvalue weighted by Gasteiger charge is -2.15. The predicted molar refractivity (Wildman–Crippen MR) is 102 cm³/mol. The van der Waals surface area contributed by atoms with Crippen molar-refractivity contribution < 1.29 is 9.53 Å². The van der Waals surface area contributed by atoms with Crippen LogP contribution in [0.15, 0.2) is 36.5 Å². The number of aryl methyl sites for hydroxylation is 1. The van der Waals surface area contributed by atoms with Gasteiger partial charge >= 0.3 is 0 Å². The monoisotopic (exact) mass is 352 g/mol. The lowest BCUT2D eigenvalue weighted by atomic mass is 10.0. The van der Waals surface area contributed by atoms with E-state index in [0.29, 0.717) is 5.88 Å². The first-order valence-corrected chi connectivity index (χ1v) is 8.88. The van der Waals surface area contributed by atoms with Gasteiger partial charge in [0.15, 0.2) is 5.65 Å². The molecule has 0 bridgehead atoms. The molecule has 6 nitrogen and oxygen atoms in total. The molecule has 1 N–H and O–H groups in total. The number of benzene rings is 1. The van der Waals surface area contributed by atoms with Gasteiger partial charge in [-0.15, -0.1) is 5.10 Å². The summed E-state index contributed by atoms with van der Waals surface area (Å²) in [5.41, 5.74) is 4.31. The number of ether oxygens (including phenoxy) is 1. The summed E-state index contributed by atoms with van der Waals surface area (Å²) >= 11 is 0. The highest BCUT2D eigenvalue weighted by molar-refractivity contribution is 5.94. The van der Waals surface area contributed by atoms with Crippen LogP contribution in [-0.4, -0.2) is 27.6 Å². The van der Waals surface area contributed by atoms with Crippen molar-refractivity contribution in [2.75, 3.05) is 12.4 Å². The lowest BCUT2D eigenvalue weighted by Crippen LogP contribution is -2.22. The molecule has 1 amide bonds. The number of fused-ring (bicyclic) bond motifs is 1. The van der Waals surface area contributed by atoms with Crippen molar-refractivity contribution in [3.63, 3.8) is 0 Å². The minimum atomic E-state index is 0.0323. The summed E-state index contributed by atoms with van der Waals surface area (Å²) in [5.74, 6) is 0.630. The first kappa shape index (κ1) is 17.9. The van der Waals surface area contributed by atoms with E-state index in [1.807, 2.05) is 51.2 Å². The summed E-state index contributed by atoms with van der Waals surface area (Å²) in [6.07, 6.45) is 3.52. The number of imidazole rings is 1. The van der Waals surface area contributed by atoms with Gasteiger partial charge in [0, 0.05) is 23.2 Å². The van der Waals surface area contributed by atoms with Crippen LogP contribution in [0, 0.1) is 12.8 Å². The number of methoxy groups -OCH3 is 1. The molecule has 0 spiro atoms. The van der Waals surface area contributed by atoms with Crippen LogP contribution < -0.4 is 10.1 Å². The van der Waals surface area contributed by atoms with Crippen LogP contribution in [0.2, 0.25) is 0 Å². The van der Waals surface area contributed by atoms with Gasteiger partial charge in [-0.05, 0) is 37.5 Å². The quantitative estimate of drug-likeness (QED) is 0.725. The third kappa shape index (κ3) is 3.54. The fourth-order valence-corrected chi connectivity index (χ4v) is 2.92. The van der Waals surface area contributed by atoms with Crippen LogP contribution in [-0.2, 0) is 4.79 Å². The highest BCUT2D eigenvalue weighted by Gasteiger charge is 2.16. The molecule has 3 aromatic rings. The van der Waals surface area contributed by atoms with Gasteiger partial charge in [0.1, 0.15) is 0 Å². The first-order chi connectivity index (χ1) is 12.5. The Morgan fingerprint density at radius 3 is 2.69 bits per heavy atom. The van der Waals surface area contributed by atoms with Gasteiger partial charge in [-0.1, -0.05) is 26.0 Å². The second-order valence-electron chi connectivity index (χ2n) is 6.34. The maximum atomic E-state index is 12.4. The number of aromatic nitrogens is 3. The Balaban J connectivity index is 1.93. The predicted octanol–water partition coefficient (Wildman–Crippen LogP) is 4.09. The molecule has 0 aliphatic rings. The molecule has 0 saturated heterocycles. The Hall–Kier alpha value is -2.89. The number of rotatable bonds is 6. The van der Waals surface area contributed by atoms with Gasteiger partial charge in [0.25, 0.3) is 0 Å². The number of nitrogens with one attached hydrogen (secondary N) is 1. The second-order valence-corrected chi connectivity index (χ2v) is 6.34. The molecular formula is C20H24N4O2. The number of amides is 1. The third-order valence-electron chi connectivity index (χ3n) is 4.65. The number of nitrogens with zero attached hydrogens (tertiary/aromatic N) is 3. The van der Waals surface area contributed by atoms with E-state index >= 15 is 0 Å². The van der Waals surface area contributed by atoms with Crippen molar-refractivity contribution in [2.24, 2.45) is 5.92 Å². The Kier molecular flexibility index (Phi) is 5.21. The molecule has 136 valence electrons. The minimum absolute atomic E-state index is 0.0323. The molecule has 2 aromatic heterocycles. The van der Waals surface area contributed by atoms with Gasteiger partial charge in [-0.2, -0.15) is 0 Å². The van der Waals surface area contributed by atoms with E-state index in [1.54, 1.807) is 17.7 Å². The topological polar surface area (TPSA) is 68.5 Å². The summed E-state index contributed by atoms with van der Waals surface area (Å²) in [6.45, 7) is 6.06. The highest BCUT2D eigenvalue weighted by atomic mass is 16.5. The zero-order chi connectivity index (χ0) is 18.7. The smallest absolute Gasteiger partial charge is 0.231 e. The lowest BCUT2D eigenvalue weighted by molar-refractivity contribution is -0.120. The SMILES string of the molecule is CCC(CC)C(=O)Nc1cc(-c2cn3nc(OC)ccc3n2)ccc1C. The van der Waals surface area contributed by atoms with E-state index in [2.05, 4.69) is 15.4 Å². The molecule has 6 heteroatoms. The Labute approximate surface area is 153 Å². The summed E-state index contributed by atoms with van der Waals surface area (Å²) in [5, 5.41) is 7.40. The number of hydrogen-bond acceptors (Lipinski definition) is 4. The summed E-state index contributed by atoms with van der Waals surface area (Å²) in [4.78, 5) is 17.0. The largest absolute Gasteiger partial charge is 0.480 e. The molecule has 1 aromatic carbocycles. The van der Waals surface area contributed by atoms with Gasteiger partial charge in [0.05, 0.1) is 19.0 Å². The van der Waals surface area contributed by atoms with Gasteiger partial charge in [0.2, 0.25) is 11.8 Å². The molecule has 26 heavy (non-hydrogen) atoms. The van der Waals surface area contributed by atoms with Gasteiger partial charge in [-0.3, -0.25) is 4.79 Å². The van der Waals surface area contributed by atoms with Crippen LogP contribution >= 0.6 is 0 Å². The molecule has 0 atom stereocenters. The van der Waals surface area contributed by atoms with Crippen LogP contribution in [0.3, 0.4) is 0 Å². The number of hydrogen-bond donors (Lipinski definition) is 1. The number of anilines is 1. The number of carbonyl (C=O) groups excluding carboxylic acids is 1. The third-order valence-corrected chi connectivity index (χ3v) is 4.65. The van der Waals surface area contributed by atoms with Gasteiger partial charge < -0.3 is 10.1 Å². The highest BCUT2D eigenvalue weighted by Crippen LogP contribution is 2.26. The van der Waals surface area contributed by atoms with Gasteiger partial charge in [-0.25, -0.2) is 9.50 Å². The van der Waals surface area contributed by atoms with Crippen LogP contribution in [0.1, 0.15) is 32.3 Å². The maximum Gasteiger partial charge on any atom is 0.231 e. The van der Waals surface area contributed by atoms with E-state index in [1.165, 1.54) is 0 Å². The second kappa shape index (κ2) is 7.56. The van der Waals surface area contributed by atoms with Crippen molar-refractivity contribution in [1.29, 1.82) is 0 Å². The fourth-order valence-electron chi connectivity index (χ4n) is 2.92. The summed E-state index contributed by atoms with van der Waals surface area (Å²) < 4.78 is 6.84. The molecule has 0 fully saturated rings. The standard InChI is InChI=1S/C20H24N4O2/c1-5-14(6-2)20(25)22-16-11-15(8-7-13(16)3)17-12-24-18(21-17)9-10-19(23-24)26-4/h7-12,14H,5-6H2,1-4H3,(H,22,25). The van der Waals surface area contributed by atoms with Crippen molar-refractivity contribution in [1.82, 2.24) is 14.6 Å². The van der Waals surface area contributed by atoms with Crippen molar-refractivity contribution in [2.45, 2.75) is 33.6 Å². The van der Waals surface area contributed by atoms with Crippen LogP contribution in [0.5, 0.6) is 5.88 Å². The van der Waals surface area contributed by atoms with Crippen molar-refractivity contribution in [3.05, 3.63) is 42.1 Å². The molecule has 0 aliphatic heterocycles. The van der Waals surface area contributed by atoms with Crippen molar-refractivity contribution >= 4 is 17.2 Å². The fraction of sp³-hybridized carbons (Fsp3) is 0.350. The molecule has 0 saturated carbocycles. The first-order valence-electron chi connectivity index (χ1n) is 8.88.